The van der Waals surface area contributed by atoms with Crippen molar-refractivity contribution < 1.29 is 9.47 Å². The molecular weight excluding hydrogens is 294 g/mol. The van der Waals surface area contributed by atoms with Crippen LogP contribution in [0.2, 0.25) is 0 Å². The van der Waals surface area contributed by atoms with Crippen LogP contribution in [0.15, 0.2) is 16.9 Å². The van der Waals surface area contributed by atoms with Crippen molar-refractivity contribution in [3.05, 3.63) is 28.0 Å². The summed E-state index contributed by atoms with van der Waals surface area (Å²) in [6.45, 7) is 5.81. The van der Waals surface area contributed by atoms with Crippen LogP contribution in [0.4, 0.5) is 0 Å². The van der Waals surface area contributed by atoms with Gasteiger partial charge in [0.2, 0.25) is 0 Å². The number of halogens is 1. The molecule has 98 valence electrons. The fourth-order valence-corrected chi connectivity index (χ4v) is 3.21. The highest BCUT2D eigenvalue weighted by Gasteiger charge is 2.45. The van der Waals surface area contributed by atoms with Crippen molar-refractivity contribution in [3.8, 4) is 0 Å². The molecule has 1 aromatic heterocycles. The Morgan fingerprint density at radius 2 is 1.94 bits per heavy atom. The van der Waals surface area contributed by atoms with E-state index in [-0.39, 0.29) is 5.41 Å². The molecule has 1 fully saturated rings. The van der Waals surface area contributed by atoms with Crippen molar-refractivity contribution >= 4 is 15.9 Å². The number of aromatic nitrogens is 1. The second-order valence-corrected chi connectivity index (χ2v) is 6.85. The van der Waals surface area contributed by atoms with E-state index in [0.29, 0.717) is 0 Å². The van der Waals surface area contributed by atoms with Crippen molar-refractivity contribution in [2.24, 2.45) is 5.41 Å². The van der Waals surface area contributed by atoms with E-state index in [1.165, 1.54) is 5.56 Å². The molecule has 0 unspecified atom stereocenters. The molecule has 1 aliphatic heterocycles. The van der Waals surface area contributed by atoms with E-state index in [1.807, 2.05) is 12.4 Å². The summed E-state index contributed by atoms with van der Waals surface area (Å²) < 4.78 is 13.3. The summed E-state index contributed by atoms with van der Waals surface area (Å²) in [5.74, 6) is -0.556. The van der Waals surface area contributed by atoms with E-state index in [2.05, 4.69) is 34.8 Å². The van der Waals surface area contributed by atoms with Gasteiger partial charge < -0.3 is 9.47 Å². The lowest BCUT2D eigenvalue weighted by Gasteiger charge is -2.46. The second-order valence-electron chi connectivity index (χ2n) is 6.00. The Balaban J connectivity index is 1.99. The Labute approximate surface area is 116 Å². The number of fused-ring (bicyclic) bond motifs is 2. The molecule has 0 amide bonds. The number of pyridine rings is 1. The highest BCUT2D eigenvalue weighted by Crippen LogP contribution is 2.45. The third-order valence-corrected chi connectivity index (χ3v) is 4.42. The van der Waals surface area contributed by atoms with E-state index < -0.39 is 5.79 Å². The number of hydrogen-bond acceptors (Lipinski definition) is 3. The Kier molecular flexibility index (Phi) is 3.00. The van der Waals surface area contributed by atoms with Crippen LogP contribution in [-0.2, 0) is 21.7 Å². The number of hydrogen-bond donors (Lipinski definition) is 0. The van der Waals surface area contributed by atoms with E-state index in [9.17, 15) is 0 Å². The van der Waals surface area contributed by atoms with Gasteiger partial charge in [-0.15, -0.1) is 0 Å². The highest BCUT2D eigenvalue weighted by molar-refractivity contribution is 9.10. The minimum Gasteiger partial charge on any atom is -0.345 e. The minimum atomic E-state index is -0.556. The van der Waals surface area contributed by atoms with Crippen molar-refractivity contribution in [2.45, 2.75) is 38.9 Å². The van der Waals surface area contributed by atoms with Crippen LogP contribution in [0.3, 0.4) is 0 Å². The van der Waals surface area contributed by atoms with Crippen LogP contribution in [-0.4, -0.2) is 18.2 Å². The average molecular weight is 312 g/mol. The molecule has 4 heteroatoms. The summed E-state index contributed by atoms with van der Waals surface area (Å²) in [5.41, 5.74) is 2.50. The first-order valence-electron chi connectivity index (χ1n) is 6.43. The van der Waals surface area contributed by atoms with Crippen LogP contribution in [0.25, 0.3) is 0 Å². The first kappa shape index (κ1) is 12.6. The molecule has 0 aromatic carbocycles. The van der Waals surface area contributed by atoms with Crippen LogP contribution in [0, 0.1) is 5.41 Å². The van der Waals surface area contributed by atoms with Gasteiger partial charge in [0, 0.05) is 34.3 Å². The maximum Gasteiger partial charge on any atom is 0.196 e. The molecular formula is C14H18BrNO2. The zero-order chi connectivity index (χ0) is 12.8. The third-order valence-electron chi connectivity index (χ3n) is 3.74. The summed E-state index contributed by atoms with van der Waals surface area (Å²) in [5, 5.41) is 0. The summed E-state index contributed by atoms with van der Waals surface area (Å²) in [6, 6.07) is 0. The Morgan fingerprint density at radius 3 is 2.67 bits per heavy atom. The Hall–Kier alpha value is -0.450. The molecule has 3 rings (SSSR count). The lowest BCUT2D eigenvalue weighted by Crippen LogP contribution is -2.47. The average Bonchev–Trinajstić information content (AvgIpc) is 2.35. The normalized spacial score (nSPS) is 24.8. The van der Waals surface area contributed by atoms with Gasteiger partial charge in [0.05, 0.1) is 13.2 Å². The van der Waals surface area contributed by atoms with Gasteiger partial charge in [0.15, 0.2) is 5.79 Å². The van der Waals surface area contributed by atoms with E-state index in [0.717, 1.165) is 42.5 Å². The summed E-state index contributed by atoms with van der Waals surface area (Å²) in [4.78, 5) is 4.28. The van der Waals surface area contributed by atoms with Gasteiger partial charge in [-0.2, -0.15) is 0 Å². The first-order valence-corrected chi connectivity index (χ1v) is 7.23. The van der Waals surface area contributed by atoms with Gasteiger partial charge in [0.1, 0.15) is 0 Å². The quantitative estimate of drug-likeness (QED) is 0.736. The molecule has 0 radical (unpaired) electrons. The maximum atomic E-state index is 6.12. The van der Waals surface area contributed by atoms with E-state index >= 15 is 0 Å². The molecule has 1 aromatic rings. The standard InChI is InChI=1S/C14H18BrNO2/c1-13(2)8-17-14(18-9-13)5-3-4-10-11(14)6-16-7-12(10)15/h6-7H,3-5,8-9H2,1-2H3. The SMILES string of the molecule is CC1(C)COC2(CCCc3c(Br)cncc32)OC1. The van der Waals surface area contributed by atoms with Crippen molar-refractivity contribution in [1.29, 1.82) is 0 Å². The molecule has 0 bridgehead atoms. The smallest absolute Gasteiger partial charge is 0.196 e. The second kappa shape index (κ2) is 4.29. The third kappa shape index (κ3) is 2.00. The Bertz CT molecular complexity index is 463. The molecule has 3 nitrogen and oxygen atoms in total. The van der Waals surface area contributed by atoms with Gasteiger partial charge in [-0.05, 0) is 34.3 Å². The predicted molar refractivity (Wildman–Crippen MR) is 72.2 cm³/mol. The molecule has 1 saturated heterocycles. The number of ether oxygens (including phenoxy) is 2. The minimum absolute atomic E-state index is 0.0995. The lowest BCUT2D eigenvalue weighted by atomic mass is 9.85. The molecule has 0 saturated carbocycles. The van der Waals surface area contributed by atoms with Crippen LogP contribution < -0.4 is 0 Å². The van der Waals surface area contributed by atoms with Gasteiger partial charge in [-0.1, -0.05) is 13.8 Å². The molecule has 0 N–H and O–H groups in total. The van der Waals surface area contributed by atoms with Crippen LogP contribution in [0.1, 0.15) is 37.8 Å². The topological polar surface area (TPSA) is 31.4 Å². The zero-order valence-corrected chi connectivity index (χ0v) is 12.4. The summed E-state index contributed by atoms with van der Waals surface area (Å²) in [7, 11) is 0. The number of rotatable bonds is 0. The van der Waals surface area contributed by atoms with E-state index in [4.69, 9.17) is 9.47 Å². The van der Waals surface area contributed by atoms with Crippen molar-refractivity contribution in [1.82, 2.24) is 4.98 Å². The lowest BCUT2D eigenvalue weighted by molar-refractivity contribution is -0.313. The molecule has 18 heavy (non-hydrogen) atoms. The van der Waals surface area contributed by atoms with Crippen LogP contribution >= 0.6 is 15.9 Å². The van der Waals surface area contributed by atoms with E-state index in [1.54, 1.807) is 0 Å². The Morgan fingerprint density at radius 1 is 1.22 bits per heavy atom. The molecule has 2 heterocycles. The fourth-order valence-electron chi connectivity index (χ4n) is 2.68. The van der Waals surface area contributed by atoms with Gasteiger partial charge in [-0.3, -0.25) is 4.98 Å². The predicted octanol–water partition coefficient (Wildman–Crippen LogP) is 3.41. The molecule has 0 atom stereocenters. The van der Waals surface area contributed by atoms with Crippen LogP contribution in [0.5, 0.6) is 0 Å². The fraction of sp³-hybridized carbons (Fsp3) is 0.643. The van der Waals surface area contributed by atoms with Crippen molar-refractivity contribution in [2.75, 3.05) is 13.2 Å². The monoisotopic (exact) mass is 311 g/mol. The summed E-state index contributed by atoms with van der Waals surface area (Å²) in [6.07, 6.45) is 6.84. The molecule has 2 aliphatic rings. The van der Waals surface area contributed by atoms with Gasteiger partial charge in [-0.25, -0.2) is 0 Å². The highest BCUT2D eigenvalue weighted by atomic mass is 79.9. The first-order chi connectivity index (χ1) is 8.53. The zero-order valence-electron chi connectivity index (χ0n) is 10.8. The number of nitrogens with zero attached hydrogens (tertiary/aromatic N) is 1. The van der Waals surface area contributed by atoms with Gasteiger partial charge in [0.25, 0.3) is 0 Å². The molecule has 1 aliphatic carbocycles. The maximum absolute atomic E-state index is 6.12. The molecule has 1 spiro atoms. The van der Waals surface area contributed by atoms with Crippen molar-refractivity contribution in [3.63, 3.8) is 0 Å². The largest absolute Gasteiger partial charge is 0.345 e. The summed E-state index contributed by atoms with van der Waals surface area (Å²) >= 11 is 3.58. The van der Waals surface area contributed by atoms with Gasteiger partial charge >= 0.3 is 0 Å².